The van der Waals surface area contributed by atoms with Crippen LogP contribution >= 0.6 is 11.8 Å². The molecule has 3 aromatic carbocycles. The molecule has 6 N–H and O–H groups in total. The fourth-order valence-electron chi connectivity index (χ4n) is 7.87. The van der Waals surface area contributed by atoms with Crippen LogP contribution in [0.4, 0.5) is 19.0 Å². The summed E-state index contributed by atoms with van der Waals surface area (Å²) in [6.07, 6.45) is -2.14. The van der Waals surface area contributed by atoms with Gasteiger partial charge in [-0.05, 0) is 103 Å². The fourth-order valence-corrected chi connectivity index (χ4v) is 8.84. The second-order valence-corrected chi connectivity index (χ2v) is 17.0. The van der Waals surface area contributed by atoms with Crippen LogP contribution in [-0.4, -0.2) is 62.6 Å². The molecule has 1 aliphatic carbocycles. The predicted octanol–water partition coefficient (Wildman–Crippen LogP) is 8.05. The number of aromatic nitrogens is 1. The van der Waals surface area contributed by atoms with Gasteiger partial charge in [0.05, 0.1) is 33.2 Å². The maximum Gasteiger partial charge on any atom is 0.416 e. The number of nitriles is 1. The number of benzene rings is 3. The summed E-state index contributed by atoms with van der Waals surface area (Å²) in [6.45, 7) is 9.14. The van der Waals surface area contributed by atoms with E-state index in [4.69, 9.17) is 4.74 Å². The average molecular weight is 964 g/mol. The van der Waals surface area contributed by atoms with E-state index in [1.807, 2.05) is 13.8 Å². The second kappa shape index (κ2) is 21.1. The number of esters is 1. The SMILES string of the molecule is Cc1c(/C=C2\N=C(NC(=O)C(C)Sc3cc(C(=O)O)cc(C(=O)O)c3)C(C#N)=C2c2ccccc2)[n-]c(NC(=O)c2cccc(C(F)(F)F)c2)c1C(=O)OC1C(C)CC(C)CC1C.O.[Zn]. The molecular weight excluding hydrogens is 921 g/mol. The Morgan fingerprint density at radius 3 is 2.11 bits per heavy atom. The molecule has 3 unspecified atom stereocenters. The smallest absolute Gasteiger partial charge is 0.416 e. The molecule has 0 saturated heterocycles. The minimum Gasteiger partial charge on any atom is -0.478 e. The number of aromatic carboxylic acids is 2. The van der Waals surface area contributed by atoms with Gasteiger partial charge in [-0.2, -0.15) is 18.4 Å². The Bertz CT molecular complexity index is 2610. The normalized spacial score (nSPS) is 19.2. The first-order valence-corrected chi connectivity index (χ1v) is 20.6. The number of amidine groups is 1. The maximum absolute atomic E-state index is 14.2. The van der Waals surface area contributed by atoms with Crippen LogP contribution in [0.1, 0.15) is 104 Å². The fraction of sp³-hybridized carbons (Fsp3) is 0.283. The van der Waals surface area contributed by atoms with Gasteiger partial charge in [0.1, 0.15) is 17.7 Å². The number of alkyl halides is 3. The van der Waals surface area contributed by atoms with E-state index in [-0.39, 0.29) is 104 Å². The summed E-state index contributed by atoms with van der Waals surface area (Å²) in [5.41, 5.74) is -0.933. The summed E-state index contributed by atoms with van der Waals surface area (Å²) < 4.78 is 46.9. The van der Waals surface area contributed by atoms with Crippen molar-refractivity contribution >= 4 is 64.8 Å². The number of amides is 2. The van der Waals surface area contributed by atoms with Gasteiger partial charge in [0.2, 0.25) is 5.91 Å². The number of anilines is 1. The van der Waals surface area contributed by atoms with Crippen molar-refractivity contribution in [2.24, 2.45) is 22.7 Å². The van der Waals surface area contributed by atoms with Gasteiger partial charge >= 0.3 is 24.1 Å². The second-order valence-electron chi connectivity index (χ2n) is 15.6. The van der Waals surface area contributed by atoms with Gasteiger partial charge in [0, 0.05) is 35.5 Å². The molecule has 1 saturated carbocycles. The number of ether oxygens (including phenoxy) is 1. The van der Waals surface area contributed by atoms with Crippen molar-refractivity contribution in [1.29, 1.82) is 5.26 Å². The summed E-state index contributed by atoms with van der Waals surface area (Å²) in [6, 6.07) is 17.9. The zero-order chi connectivity index (χ0) is 45.9. The number of carboxylic acids is 2. The van der Waals surface area contributed by atoms with Gasteiger partial charge in [-0.25, -0.2) is 19.4 Å². The van der Waals surface area contributed by atoms with E-state index in [9.17, 15) is 52.6 Å². The summed E-state index contributed by atoms with van der Waals surface area (Å²) in [4.78, 5) is 74.1. The van der Waals surface area contributed by atoms with Crippen molar-refractivity contribution in [1.82, 2.24) is 10.3 Å². The molecule has 14 nitrogen and oxygen atoms in total. The van der Waals surface area contributed by atoms with Crippen LogP contribution in [0.3, 0.4) is 0 Å². The number of rotatable bonds is 11. The van der Waals surface area contributed by atoms with Crippen molar-refractivity contribution < 1.29 is 77.0 Å². The Hall–Kier alpha value is -6.35. The van der Waals surface area contributed by atoms with Gasteiger partial charge in [-0.15, -0.1) is 11.8 Å². The van der Waals surface area contributed by atoms with Crippen LogP contribution in [0.5, 0.6) is 0 Å². The number of aliphatic imine (C=N–C) groups is 1. The molecule has 336 valence electrons. The Balaban J connectivity index is 0.00000462. The molecule has 0 radical (unpaired) electrons. The molecule has 4 aromatic rings. The first-order chi connectivity index (χ1) is 29.7. The van der Waals surface area contributed by atoms with E-state index in [0.29, 0.717) is 17.5 Å². The van der Waals surface area contributed by atoms with E-state index in [2.05, 4.69) is 33.6 Å². The molecule has 3 atom stereocenters. The van der Waals surface area contributed by atoms with Gasteiger partial charge in [-0.3, -0.25) is 9.59 Å². The third-order valence-corrected chi connectivity index (χ3v) is 11.9. The van der Waals surface area contributed by atoms with Crippen LogP contribution in [0, 0.1) is 36.0 Å². The molecule has 1 aromatic heterocycles. The molecule has 0 bridgehead atoms. The number of thioether (sulfide) groups is 1. The van der Waals surface area contributed by atoms with E-state index < -0.39 is 52.8 Å². The van der Waals surface area contributed by atoms with E-state index in [0.717, 1.165) is 42.8 Å². The largest absolute Gasteiger partial charge is 0.478 e. The average Bonchev–Trinajstić information content (AvgIpc) is 3.73. The first-order valence-electron chi connectivity index (χ1n) is 19.7. The number of carbonyl (C=O) groups excluding carboxylic acids is 3. The Morgan fingerprint density at radius 1 is 0.923 bits per heavy atom. The Kier molecular flexibility index (Phi) is 16.6. The molecule has 0 spiro atoms. The standard InChI is InChI=1S/C46H42F3N5O8S.H2O.Zn/c1-22-14-23(2)38(24(3)15-22)62-45(61)36-25(4)34(51-40(36)54-42(56)28-12-9-13-31(17-28)46(47,48)49)20-35-37(27-10-7-6-8-11-27)33(21-50)39(52-35)53-41(55)26(5)63-32-18-29(43(57)58)16-30(19-32)44(59)60;;/h6-13,16-20,22-24,26,38H,14-15H2,1-5H3,(H5,51,52,53,54,55,56,57,58,59,60,61);1H2;/p-1. The molecule has 19 heteroatoms. The van der Waals surface area contributed by atoms with Gasteiger partial charge < -0.3 is 36.0 Å². The minimum atomic E-state index is -4.73. The molecule has 2 heterocycles. The summed E-state index contributed by atoms with van der Waals surface area (Å²) in [5.74, 6) is -5.18. The Labute approximate surface area is 388 Å². The third kappa shape index (κ3) is 11.7. The van der Waals surface area contributed by atoms with Gasteiger partial charge in [0.25, 0.3) is 0 Å². The zero-order valence-electron chi connectivity index (χ0n) is 35.7. The first kappa shape index (κ1) is 51.3. The monoisotopic (exact) mass is 962 g/mol. The van der Waals surface area contributed by atoms with Crippen LogP contribution in [-0.2, 0) is 35.2 Å². The third-order valence-electron chi connectivity index (χ3n) is 10.8. The van der Waals surface area contributed by atoms with E-state index in [1.165, 1.54) is 31.2 Å². The summed E-state index contributed by atoms with van der Waals surface area (Å²) in [5, 5.41) is 33.7. The number of hydrogen-bond acceptors (Lipinski definition) is 9. The molecular formula is C46H43F3N5O9SZn-. The number of carboxylic acid groups (broad SMARTS) is 2. The van der Waals surface area contributed by atoms with Crippen LogP contribution in [0.25, 0.3) is 11.6 Å². The number of nitrogens with one attached hydrogen (secondary N) is 2. The van der Waals surface area contributed by atoms with Crippen molar-refractivity contribution in [3.05, 3.63) is 129 Å². The number of nitrogens with zero attached hydrogens (tertiary/aromatic N) is 3. The van der Waals surface area contributed by atoms with E-state index in [1.54, 1.807) is 37.3 Å². The molecule has 2 amide bonds. The number of allylic oxidation sites excluding steroid dienone is 1. The topological polar surface area (TPSA) is 241 Å². The van der Waals surface area contributed by atoms with E-state index >= 15 is 0 Å². The van der Waals surface area contributed by atoms with Crippen molar-refractivity contribution in [2.45, 2.75) is 69.9 Å². The summed E-state index contributed by atoms with van der Waals surface area (Å²) >= 11 is 0.883. The maximum atomic E-state index is 14.2. The van der Waals surface area contributed by atoms with Crippen LogP contribution in [0.15, 0.2) is 94.0 Å². The minimum absolute atomic E-state index is 0. The Morgan fingerprint density at radius 2 is 1.54 bits per heavy atom. The van der Waals surface area contributed by atoms with Crippen molar-refractivity contribution in [2.75, 3.05) is 5.32 Å². The number of halogens is 3. The van der Waals surface area contributed by atoms with Crippen molar-refractivity contribution in [3.63, 3.8) is 0 Å². The van der Waals surface area contributed by atoms with Crippen molar-refractivity contribution in [3.8, 4) is 6.07 Å². The molecule has 1 aliphatic heterocycles. The van der Waals surface area contributed by atoms with Crippen LogP contribution in [0.2, 0.25) is 0 Å². The molecule has 6 rings (SSSR count). The van der Waals surface area contributed by atoms with Gasteiger partial charge in [0.15, 0.2) is 11.7 Å². The number of hydrogen-bond donors (Lipinski definition) is 4. The number of carbonyl (C=O) groups is 5. The molecule has 1 fully saturated rings. The van der Waals surface area contributed by atoms with Gasteiger partial charge in [-0.1, -0.05) is 63.2 Å². The zero-order valence-corrected chi connectivity index (χ0v) is 39.5. The molecule has 2 aliphatic rings. The molecule has 65 heavy (non-hydrogen) atoms. The summed E-state index contributed by atoms with van der Waals surface area (Å²) in [7, 11) is 0. The quantitative estimate of drug-likeness (QED) is 0.0637. The predicted molar refractivity (Wildman–Crippen MR) is 232 cm³/mol. The van der Waals surface area contributed by atoms with Crippen LogP contribution < -0.4 is 15.6 Å².